The van der Waals surface area contributed by atoms with Gasteiger partial charge in [0.15, 0.2) is 0 Å². The van der Waals surface area contributed by atoms with E-state index in [1.54, 1.807) is 31.4 Å². The summed E-state index contributed by atoms with van der Waals surface area (Å²) in [7, 11) is -2.00. The number of methoxy groups -OCH3 is 1. The number of sulfonamides is 1. The number of halogens is 1. The first kappa shape index (κ1) is 27.3. The second-order valence-corrected chi connectivity index (χ2v) is 12.2. The molecular weight excluding hydrogens is 536 g/mol. The van der Waals surface area contributed by atoms with E-state index in [9.17, 15) is 13.2 Å². The molecule has 5 rings (SSSR count). The van der Waals surface area contributed by atoms with Crippen LogP contribution in [0.1, 0.15) is 12.8 Å². The number of para-hydroxylation sites is 2. The van der Waals surface area contributed by atoms with Crippen LogP contribution in [0, 0.1) is 5.92 Å². The van der Waals surface area contributed by atoms with Crippen molar-refractivity contribution in [2.75, 3.05) is 61.5 Å². The SMILES string of the molecule is COc1ccccc1N1CCN(S(=O)(=O)c2ccc(NC(=O)C3CCN(c4cccc(Cl)c4)CC3)cc2)CC1. The number of benzene rings is 3. The standard InChI is InChI=1S/C29H33ClN4O4S/c1-38-28-8-3-2-7-27(28)33-17-19-34(20-18-33)39(36,37)26-11-9-24(10-12-26)31-29(35)22-13-15-32(16-14-22)25-6-4-5-23(30)21-25/h2-12,21-22H,13-20H2,1H3,(H,31,35). The summed E-state index contributed by atoms with van der Waals surface area (Å²) in [4.78, 5) is 17.5. The fraction of sp³-hybridized carbons (Fsp3) is 0.345. The van der Waals surface area contributed by atoms with Gasteiger partial charge < -0.3 is 19.9 Å². The summed E-state index contributed by atoms with van der Waals surface area (Å²) >= 11 is 6.12. The van der Waals surface area contributed by atoms with E-state index in [0.29, 0.717) is 36.9 Å². The molecule has 0 unspecified atom stereocenters. The molecule has 8 nitrogen and oxygen atoms in total. The second-order valence-electron chi connectivity index (χ2n) is 9.82. The Morgan fingerprint density at radius 3 is 2.23 bits per heavy atom. The van der Waals surface area contributed by atoms with E-state index in [2.05, 4.69) is 15.1 Å². The zero-order chi connectivity index (χ0) is 27.4. The molecule has 3 aromatic carbocycles. The normalized spacial score (nSPS) is 17.2. The highest BCUT2D eigenvalue weighted by Gasteiger charge is 2.30. The molecule has 39 heavy (non-hydrogen) atoms. The monoisotopic (exact) mass is 568 g/mol. The third-order valence-corrected chi connectivity index (χ3v) is 9.61. The van der Waals surface area contributed by atoms with Crippen molar-refractivity contribution in [1.29, 1.82) is 0 Å². The Bertz CT molecular complexity index is 1400. The number of nitrogens with one attached hydrogen (secondary N) is 1. The van der Waals surface area contributed by atoms with E-state index in [1.807, 2.05) is 48.5 Å². The lowest BCUT2D eigenvalue weighted by Crippen LogP contribution is -2.48. The van der Waals surface area contributed by atoms with Gasteiger partial charge in [-0.05, 0) is 67.4 Å². The van der Waals surface area contributed by atoms with Crippen LogP contribution in [0.2, 0.25) is 5.02 Å². The fourth-order valence-corrected chi connectivity index (χ4v) is 6.84. The molecule has 2 aliphatic rings. The summed E-state index contributed by atoms with van der Waals surface area (Å²) in [6, 6.07) is 22.0. The van der Waals surface area contributed by atoms with Crippen molar-refractivity contribution in [3.05, 3.63) is 77.8 Å². The maximum atomic E-state index is 13.3. The van der Waals surface area contributed by atoms with Crippen molar-refractivity contribution < 1.29 is 17.9 Å². The number of anilines is 3. The zero-order valence-corrected chi connectivity index (χ0v) is 23.5. The lowest BCUT2D eigenvalue weighted by molar-refractivity contribution is -0.120. The quantitative estimate of drug-likeness (QED) is 0.444. The molecule has 1 N–H and O–H groups in total. The largest absolute Gasteiger partial charge is 0.495 e. The maximum Gasteiger partial charge on any atom is 0.243 e. The van der Waals surface area contributed by atoms with Gasteiger partial charge in [0.2, 0.25) is 15.9 Å². The molecule has 3 aromatic rings. The molecule has 0 aliphatic carbocycles. The molecule has 10 heteroatoms. The van der Waals surface area contributed by atoms with Crippen molar-refractivity contribution >= 4 is 44.6 Å². The lowest BCUT2D eigenvalue weighted by Gasteiger charge is -2.36. The highest BCUT2D eigenvalue weighted by Crippen LogP contribution is 2.30. The number of hydrogen-bond donors (Lipinski definition) is 1. The molecule has 206 valence electrons. The van der Waals surface area contributed by atoms with Crippen LogP contribution >= 0.6 is 11.6 Å². The van der Waals surface area contributed by atoms with Gasteiger partial charge in [0.05, 0.1) is 17.7 Å². The molecule has 2 saturated heterocycles. The van der Waals surface area contributed by atoms with Gasteiger partial charge in [0, 0.05) is 61.6 Å². The average molecular weight is 569 g/mol. The van der Waals surface area contributed by atoms with Gasteiger partial charge in [-0.15, -0.1) is 0 Å². The van der Waals surface area contributed by atoms with Crippen molar-refractivity contribution in [1.82, 2.24) is 4.31 Å². The lowest BCUT2D eigenvalue weighted by atomic mass is 9.95. The Labute approximate surface area is 235 Å². The number of rotatable bonds is 7. The number of carbonyl (C=O) groups excluding carboxylic acids is 1. The summed E-state index contributed by atoms with van der Waals surface area (Å²) in [6.07, 6.45) is 1.48. The van der Waals surface area contributed by atoms with Crippen molar-refractivity contribution in [2.45, 2.75) is 17.7 Å². The van der Waals surface area contributed by atoms with Gasteiger partial charge in [-0.3, -0.25) is 4.79 Å². The van der Waals surface area contributed by atoms with Gasteiger partial charge in [0.25, 0.3) is 0 Å². The summed E-state index contributed by atoms with van der Waals surface area (Å²) in [5, 5.41) is 3.66. The third-order valence-electron chi connectivity index (χ3n) is 7.46. The Hall–Kier alpha value is -3.27. The average Bonchev–Trinajstić information content (AvgIpc) is 2.97. The summed E-state index contributed by atoms with van der Waals surface area (Å²) in [5.41, 5.74) is 2.63. The Morgan fingerprint density at radius 2 is 1.56 bits per heavy atom. The highest BCUT2D eigenvalue weighted by atomic mass is 35.5. The minimum atomic E-state index is -3.64. The van der Waals surface area contributed by atoms with Gasteiger partial charge >= 0.3 is 0 Å². The number of amides is 1. The predicted octanol–water partition coefficient (Wildman–Crippen LogP) is 4.71. The molecule has 0 atom stereocenters. The van der Waals surface area contributed by atoms with E-state index < -0.39 is 10.0 Å². The number of piperazine rings is 1. The molecule has 0 radical (unpaired) electrons. The van der Waals surface area contributed by atoms with Crippen LogP contribution in [-0.2, 0) is 14.8 Å². The highest BCUT2D eigenvalue weighted by molar-refractivity contribution is 7.89. The molecule has 0 saturated carbocycles. The number of nitrogens with zero attached hydrogens (tertiary/aromatic N) is 3. The van der Waals surface area contributed by atoms with Crippen LogP contribution in [0.5, 0.6) is 5.75 Å². The predicted molar refractivity (Wildman–Crippen MR) is 155 cm³/mol. The number of ether oxygens (including phenoxy) is 1. The van der Waals surface area contributed by atoms with Crippen LogP contribution in [-0.4, -0.2) is 65.0 Å². The Balaban J connectivity index is 1.15. The summed E-state index contributed by atoms with van der Waals surface area (Å²) in [5.74, 6) is 0.644. The van der Waals surface area contributed by atoms with Gasteiger partial charge in [-0.25, -0.2) is 8.42 Å². The molecular formula is C29H33ClN4O4S. The number of piperidine rings is 1. The van der Waals surface area contributed by atoms with E-state index in [-0.39, 0.29) is 16.7 Å². The molecule has 0 aromatic heterocycles. The molecule has 2 aliphatic heterocycles. The molecule has 0 bridgehead atoms. The minimum Gasteiger partial charge on any atom is -0.495 e. The maximum absolute atomic E-state index is 13.3. The minimum absolute atomic E-state index is 0.0381. The zero-order valence-electron chi connectivity index (χ0n) is 21.9. The van der Waals surface area contributed by atoms with Gasteiger partial charge in [-0.2, -0.15) is 4.31 Å². The van der Waals surface area contributed by atoms with Crippen molar-refractivity contribution in [3.63, 3.8) is 0 Å². The van der Waals surface area contributed by atoms with Crippen LogP contribution in [0.4, 0.5) is 17.1 Å². The molecule has 0 spiro atoms. The molecule has 1 amide bonds. The third kappa shape index (κ3) is 6.16. The van der Waals surface area contributed by atoms with E-state index in [0.717, 1.165) is 43.1 Å². The first-order valence-electron chi connectivity index (χ1n) is 13.1. The topological polar surface area (TPSA) is 82.2 Å². The van der Waals surface area contributed by atoms with E-state index in [4.69, 9.17) is 16.3 Å². The fourth-order valence-electron chi connectivity index (χ4n) is 5.24. The van der Waals surface area contributed by atoms with Crippen LogP contribution < -0.4 is 19.9 Å². The number of hydrogen-bond acceptors (Lipinski definition) is 6. The molecule has 2 heterocycles. The smallest absolute Gasteiger partial charge is 0.243 e. The van der Waals surface area contributed by atoms with Crippen molar-refractivity contribution in [2.24, 2.45) is 5.92 Å². The van der Waals surface area contributed by atoms with Crippen molar-refractivity contribution in [3.8, 4) is 5.75 Å². The first-order valence-corrected chi connectivity index (χ1v) is 15.0. The van der Waals surface area contributed by atoms with Crippen LogP contribution in [0.15, 0.2) is 77.7 Å². The second kappa shape index (κ2) is 11.9. The van der Waals surface area contributed by atoms with E-state index >= 15 is 0 Å². The Kier molecular flexibility index (Phi) is 8.30. The number of carbonyl (C=O) groups is 1. The van der Waals surface area contributed by atoms with Crippen LogP contribution in [0.25, 0.3) is 0 Å². The van der Waals surface area contributed by atoms with Crippen LogP contribution in [0.3, 0.4) is 0 Å². The van der Waals surface area contributed by atoms with Gasteiger partial charge in [0.1, 0.15) is 5.75 Å². The van der Waals surface area contributed by atoms with E-state index in [1.165, 1.54) is 4.31 Å². The summed E-state index contributed by atoms with van der Waals surface area (Å²) in [6.45, 7) is 3.47. The van der Waals surface area contributed by atoms with Gasteiger partial charge in [-0.1, -0.05) is 29.8 Å². The Morgan fingerprint density at radius 1 is 0.872 bits per heavy atom. The molecule has 2 fully saturated rings. The summed E-state index contributed by atoms with van der Waals surface area (Å²) < 4.78 is 33.5. The first-order chi connectivity index (χ1) is 18.8.